The average Bonchev–Trinajstić information content (AvgIpc) is 2.63. The van der Waals surface area contributed by atoms with Crippen molar-refractivity contribution < 1.29 is 4.79 Å². The molecule has 0 saturated heterocycles. The Labute approximate surface area is 111 Å². The van der Waals surface area contributed by atoms with Gasteiger partial charge in [0.2, 0.25) is 0 Å². The van der Waals surface area contributed by atoms with E-state index in [1.807, 2.05) is 23.8 Å². The van der Waals surface area contributed by atoms with E-state index in [0.717, 1.165) is 35.6 Å². The summed E-state index contributed by atoms with van der Waals surface area (Å²) in [6, 6.07) is 1.88. The Morgan fingerprint density at radius 1 is 1.59 bits per heavy atom. The van der Waals surface area contributed by atoms with Gasteiger partial charge in [0, 0.05) is 23.8 Å². The van der Waals surface area contributed by atoms with Crippen LogP contribution in [0.2, 0.25) is 0 Å². The van der Waals surface area contributed by atoms with Gasteiger partial charge in [-0.2, -0.15) is 0 Å². The van der Waals surface area contributed by atoms with Crippen LogP contribution >= 0.6 is 15.9 Å². The molecule has 1 aromatic rings. The molecule has 0 bridgehead atoms. The predicted octanol–water partition coefficient (Wildman–Crippen LogP) is 3.19. The van der Waals surface area contributed by atoms with E-state index in [1.165, 1.54) is 19.3 Å². The molecule has 0 spiro atoms. The van der Waals surface area contributed by atoms with Crippen molar-refractivity contribution in [3.05, 3.63) is 22.4 Å². The zero-order chi connectivity index (χ0) is 12.3. The van der Waals surface area contributed by atoms with Gasteiger partial charge in [-0.05, 0) is 41.3 Å². The van der Waals surface area contributed by atoms with E-state index in [4.69, 9.17) is 0 Å². The second kappa shape index (κ2) is 5.71. The smallest absolute Gasteiger partial charge is 0.267 e. The highest BCUT2D eigenvalue weighted by Crippen LogP contribution is 2.28. The molecule has 1 fully saturated rings. The van der Waals surface area contributed by atoms with E-state index in [2.05, 4.69) is 21.2 Å². The lowest BCUT2D eigenvalue weighted by molar-refractivity contribution is 0.0940. The topological polar surface area (TPSA) is 34.0 Å². The Bertz CT molecular complexity index is 396. The molecule has 1 aliphatic carbocycles. The molecule has 0 unspecified atom stereocenters. The quantitative estimate of drug-likeness (QED) is 0.890. The number of nitrogens with zero attached hydrogens (tertiary/aromatic N) is 1. The zero-order valence-electron chi connectivity index (χ0n) is 10.2. The van der Waals surface area contributed by atoms with Crippen LogP contribution in [0, 0.1) is 5.92 Å². The molecule has 4 heteroatoms. The highest BCUT2D eigenvalue weighted by atomic mass is 79.9. The van der Waals surface area contributed by atoms with E-state index in [-0.39, 0.29) is 5.91 Å². The van der Waals surface area contributed by atoms with Crippen LogP contribution in [0.3, 0.4) is 0 Å². The number of halogens is 1. The minimum atomic E-state index is 0.0388. The third kappa shape index (κ3) is 3.12. The van der Waals surface area contributed by atoms with Gasteiger partial charge in [0.15, 0.2) is 0 Å². The van der Waals surface area contributed by atoms with Crippen LogP contribution in [0.5, 0.6) is 0 Å². The van der Waals surface area contributed by atoms with Gasteiger partial charge in [-0.1, -0.05) is 19.3 Å². The first-order valence-corrected chi connectivity index (χ1v) is 7.14. The molecule has 1 heterocycles. The van der Waals surface area contributed by atoms with Gasteiger partial charge in [-0.25, -0.2) is 0 Å². The van der Waals surface area contributed by atoms with Crippen LogP contribution in [-0.2, 0) is 6.54 Å². The first kappa shape index (κ1) is 12.7. The van der Waals surface area contributed by atoms with Crippen LogP contribution < -0.4 is 5.32 Å². The average molecular weight is 299 g/mol. The highest BCUT2D eigenvalue weighted by Gasteiger charge is 2.17. The second-order valence-corrected chi connectivity index (χ2v) is 5.59. The maximum absolute atomic E-state index is 12.0. The van der Waals surface area contributed by atoms with E-state index in [0.29, 0.717) is 0 Å². The maximum Gasteiger partial charge on any atom is 0.267 e. The summed E-state index contributed by atoms with van der Waals surface area (Å²) >= 11 is 3.40. The molecule has 3 nitrogen and oxygen atoms in total. The van der Waals surface area contributed by atoms with Gasteiger partial charge in [-0.3, -0.25) is 4.79 Å². The summed E-state index contributed by atoms with van der Waals surface area (Å²) in [5, 5.41) is 3.01. The molecule has 0 aromatic carbocycles. The van der Waals surface area contributed by atoms with Gasteiger partial charge in [0.1, 0.15) is 5.69 Å². The van der Waals surface area contributed by atoms with E-state index in [1.54, 1.807) is 0 Å². The lowest BCUT2D eigenvalue weighted by Crippen LogP contribution is -2.28. The molecule has 0 radical (unpaired) electrons. The van der Waals surface area contributed by atoms with Crippen molar-refractivity contribution in [3.63, 3.8) is 0 Å². The molecule has 0 atom stereocenters. The van der Waals surface area contributed by atoms with Crippen LogP contribution in [0.15, 0.2) is 16.7 Å². The Balaban J connectivity index is 1.85. The lowest BCUT2D eigenvalue weighted by atomic mass is 9.83. The number of hydrogen-bond acceptors (Lipinski definition) is 1. The molecule has 1 saturated carbocycles. The standard InChI is InChI=1S/C13H19BrN2O/c1-2-16-9-11(14)8-12(16)13(17)15-7-6-10-4-3-5-10/h8-10H,2-7H2,1H3,(H,15,17). The summed E-state index contributed by atoms with van der Waals surface area (Å²) in [6.07, 6.45) is 7.12. The first-order valence-electron chi connectivity index (χ1n) is 6.34. The van der Waals surface area contributed by atoms with Gasteiger partial charge in [0.05, 0.1) is 0 Å². The van der Waals surface area contributed by atoms with Gasteiger partial charge in [-0.15, -0.1) is 0 Å². The van der Waals surface area contributed by atoms with Crippen LogP contribution in [0.4, 0.5) is 0 Å². The fraction of sp³-hybridized carbons (Fsp3) is 0.615. The molecule has 1 N–H and O–H groups in total. The fourth-order valence-corrected chi connectivity index (χ4v) is 2.65. The number of amides is 1. The van der Waals surface area contributed by atoms with Gasteiger partial charge >= 0.3 is 0 Å². The van der Waals surface area contributed by atoms with Crippen molar-refractivity contribution in [2.24, 2.45) is 5.92 Å². The summed E-state index contributed by atoms with van der Waals surface area (Å²) < 4.78 is 2.92. The van der Waals surface area contributed by atoms with E-state index >= 15 is 0 Å². The van der Waals surface area contributed by atoms with Crippen molar-refractivity contribution in [2.75, 3.05) is 6.54 Å². The van der Waals surface area contributed by atoms with Crippen LogP contribution in [0.25, 0.3) is 0 Å². The SMILES string of the molecule is CCn1cc(Br)cc1C(=O)NCCC1CCC1. The van der Waals surface area contributed by atoms with Crippen molar-refractivity contribution >= 4 is 21.8 Å². The Morgan fingerprint density at radius 3 is 2.94 bits per heavy atom. The summed E-state index contributed by atoms with van der Waals surface area (Å²) in [6.45, 7) is 3.66. The third-order valence-corrected chi connectivity index (χ3v) is 3.93. The van der Waals surface area contributed by atoms with E-state index < -0.39 is 0 Å². The van der Waals surface area contributed by atoms with Crippen molar-refractivity contribution in [3.8, 4) is 0 Å². The second-order valence-electron chi connectivity index (χ2n) is 4.67. The third-order valence-electron chi connectivity index (χ3n) is 3.50. The Morgan fingerprint density at radius 2 is 2.35 bits per heavy atom. The van der Waals surface area contributed by atoms with Crippen molar-refractivity contribution in [1.29, 1.82) is 0 Å². The Hall–Kier alpha value is -0.770. The number of hydrogen-bond donors (Lipinski definition) is 1. The maximum atomic E-state index is 12.0. The number of aryl methyl sites for hydroxylation is 1. The van der Waals surface area contributed by atoms with Gasteiger partial charge < -0.3 is 9.88 Å². The van der Waals surface area contributed by atoms with Crippen LogP contribution in [-0.4, -0.2) is 17.0 Å². The molecular weight excluding hydrogens is 280 g/mol. The molecule has 1 aliphatic rings. The minimum absolute atomic E-state index is 0.0388. The minimum Gasteiger partial charge on any atom is -0.351 e. The lowest BCUT2D eigenvalue weighted by Gasteiger charge is -2.25. The number of carbonyl (C=O) groups is 1. The monoisotopic (exact) mass is 298 g/mol. The summed E-state index contributed by atoms with van der Waals surface area (Å²) in [7, 11) is 0. The number of aromatic nitrogens is 1. The normalized spacial score (nSPS) is 15.6. The number of nitrogens with one attached hydrogen (secondary N) is 1. The molecule has 2 rings (SSSR count). The fourth-order valence-electron chi connectivity index (χ4n) is 2.19. The van der Waals surface area contributed by atoms with Crippen molar-refractivity contribution in [1.82, 2.24) is 9.88 Å². The Kier molecular flexibility index (Phi) is 4.26. The zero-order valence-corrected chi connectivity index (χ0v) is 11.8. The van der Waals surface area contributed by atoms with Gasteiger partial charge in [0.25, 0.3) is 5.91 Å². The highest BCUT2D eigenvalue weighted by molar-refractivity contribution is 9.10. The molecule has 94 valence electrons. The number of rotatable bonds is 5. The van der Waals surface area contributed by atoms with E-state index in [9.17, 15) is 4.79 Å². The molecule has 1 amide bonds. The predicted molar refractivity (Wildman–Crippen MR) is 72.1 cm³/mol. The number of carbonyl (C=O) groups excluding carboxylic acids is 1. The largest absolute Gasteiger partial charge is 0.351 e. The van der Waals surface area contributed by atoms with Crippen molar-refractivity contribution in [2.45, 2.75) is 39.2 Å². The molecular formula is C13H19BrN2O. The summed E-state index contributed by atoms with van der Waals surface area (Å²) in [5.41, 5.74) is 0.744. The molecule has 0 aliphatic heterocycles. The molecule has 17 heavy (non-hydrogen) atoms. The summed E-state index contributed by atoms with van der Waals surface area (Å²) in [4.78, 5) is 12.0. The first-order chi connectivity index (χ1) is 8.20. The summed E-state index contributed by atoms with van der Waals surface area (Å²) in [5.74, 6) is 0.886. The van der Waals surface area contributed by atoms with Crippen LogP contribution in [0.1, 0.15) is 43.1 Å². The molecule has 1 aromatic heterocycles.